The number of aromatic nitrogens is 1. The number of hydrogen-bond acceptors (Lipinski definition) is 4. The van der Waals surface area contributed by atoms with Crippen LogP contribution in [0.4, 0.5) is 5.69 Å². The highest BCUT2D eigenvalue weighted by atomic mass is 16.5. The number of pyridine rings is 1. The average molecular weight is 257 g/mol. The molecule has 0 fully saturated rings. The van der Waals surface area contributed by atoms with Crippen LogP contribution in [-0.4, -0.2) is 24.0 Å². The molecule has 2 rings (SSSR count). The van der Waals surface area contributed by atoms with Crippen LogP contribution in [0.25, 0.3) is 0 Å². The van der Waals surface area contributed by atoms with Crippen LogP contribution in [0.15, 0.2) is 42.6 Å². The first-order valence-corrected chi connectivity index (χ1v) is 6.20. The number of benzene rings is 1. The molecule has 4 nitrogen and oxygen atoms in total. The van der Waals surface area contributed by atoms with E-state index in [1.165, 1.54) is 5.56 Å². The Morgan fingerprint density at radius 3 is 2.53 bits per heavy atom. The monoisotopic (exact) mass is 257 g/mol. The lowest BCUT2D eigenvalue weighted by atomic mass is 10.2. The molecule has 0 aliphatic rings. The molecule has 0 atom stereocenters. The first-order valence-electron chi connectivity index (χ1n) is 6.20. The van der Waals surface area contributed by atoms with Crippen molar-refractivity contribution in [2.45, 2.75) is 13.1 Å². The van der Waals surface area contributed by atoms with E-state index in [1.54, 1.807) is 13.3 Å². The Hall–Kier alpha value is -2.07. The van der Waals surface area contributed by atoms with Crippen molar-refractivity contribution in [3.05, 3.63) is 53.9 Å². The highest BCUT2D eigenvalue weighted by Gasteiger charge is 2.05. The average Bonchev–Trinajstić information content (AvgIpc) is 2.42. The zero-order valence-corrected chi connectivity index (χ0v) is 11.3. The highest BCUT2D eigenvalue weighted by Crippen LogP contribution is 2.14. The van der Waals surface area contributed by atoms with Gasteiger partial charge in [-0.05, 0) is 36.9 Å². The van der Waals surface area contributed by atoms with Crippen molar-refractivity contribution in [3.8, 4) is 5.75 Å². The Bertz CT molecular complexity index is 525. The Balaban J connectivity index is 1.97. The molecule has 2 N–H and O–H groups in total. The summed E-state index contributed by atoms with van der Waals surface area (Å²) in [6.45, 7) is 1.58. The van der Waals surface area contributed by atoms with Crippen LogP contribution in [0, 0.1) is 0 Å². The van der Waals surface area contributed by atoms with Gasteiger partial charge in [-0.1, -0.05) is 12.1 Å². The summed E-state index contributed by atoms with van der Waals surface area (Å²) >= 11 is 0. The van der Waals surface area contributed by atoms with Crippen LogP contribution >= 0.6 is 0 Å². The quantitative estimate of drug-likeness (QED) is 0.893. The lowest BCUT2D eigenvalue weighted by molar-refractivity contribution is 0.315. The molecular formula is C15H19N3O. The van der Waals surface area contributed by atoms with Crippen molar-refractivity contribution in [1.29, 1.82) is 0 Å². The van der Waals surface area contributed by atoms with E-state index in [2.05, 4.69) is 29.1 Å². The minimum atomic E-state index is 0.735. The summed E-state index contributed by atoms with van der Waals surface area (Å²) in [6.07, 6.45) is 1.77. The first-order chi connectivity index (χ1) is 9.19. The fraction of sp³-hybridized carbons (Fsp3) is 0.267. The van der Waals surface area contributed by atoms with E-state index in [4.69, 9.17) is 10.5 Å². The van der Waals surface area contributed by atoms with Gasteiger partial charge in [0.05, 0.1) is 18.5 Å². The van der Waals surface area contributed by atoms with Crippen LogP contribution in [-0.2, 0) is 13.1 Å². The number of anilines is 1. The van der Waals surface area contributed by atoms with Gasteiger partial charge in [-0.25, -0.2) is 0 Å². The summed E-state index contributed by atoms with van der Waals surface area (Å²) < 4.78 is 5.15. The number of nitrogens with two attached hydrogens (primary N) is 1. The number of nitrogen functional groups attached to an aromatic ring is 1. The van der Waals surface area contributed by atoms with E-state index in [9.17, 15) is 0 Å². The maximum atomic E-state index is 5.89. The number of hydrogen-bond donors (Lipinski definition) is 1. The molecule has 19 heavy (non-hydrogen) atoms. The minimum Gasteiger partial charge on any atom is -0.497 e. The molecule has 0 aliphatic heterocycles. The van der Waals surface area contributed by atoms with Crippen LogP contribution < -0.4 is 10.5 Å². The van der Waals surface area contributed by atoms with Gasteiger partial charge in [0, 0.05) is 19.3 Å². The Kier molecular flexibility index (Phi) is 4.36. The van der Waals surface area contributed by atoms with E-state index < -0.39 is 0 Å². The van der Waals surface area contributed by atoms with E-state index in [1.807, 2.05) is 24.3 Å². The summed E-state index contributed by atoms with van der Waals surface area (Å²) in [7, 11) is 3.73. The van der Waals surface area contributed by atoms with Crippen molar-refractivity contribution in [1.82, 2.24) is 9.88 Å². The van der Waals surface area contributed by atoms with E-state index in [0.29, 0.717) is 0 Å². The van der Waals surface area contributed by atoms with Gasteiger partial charge >= 0.3 is 0 Å². The van der Waals surface area contributed by atoms with Gasteiger partial charge in [0.1, 0.15) is 5.75 Å². The van der Waals surface area contributed by atoms with Crippen molar-refractivity contribution in [2.24, 2.45) is 0 Å². The zero-order valence-electron chi connectivity index (χ0n) is 11.3. The number of rotatable bonds is 5. The van der Waals surface area contributed by atoms with Crippen LogP contribution in [0.3, 0.4) is 0 Å². The Morgan fingerprint density at radius 1 is 1.16 bits per heavy atom. The molecule has 0 saturated carbocycles. The van der Waals surface area contributed by atoms with Gasteiger partial charge in [0.2, 0.25) is 0 Å². The molecule has 0 radical (unpaired) electrons. The molecule has 1 aromatic carbocycles. The second kappa shape index (κ2) is 6.20. The molecule has 1 heterocycles. The van der Waals surface area contributed by atoms with Crippen LogP contribution in [0.5, 0.6) is 5.75 Å². The molecule has 0 saturated heterocycles. The van der Waals surface area contributed by atoms with E-state index in [0.717, 1.165) is 30.2 Å². The SMILES string of the molecule is COc1ccc(CN(C)Cc2ncccc2N)cc1. The van der Waals surface area contributed by atoms with Crippen LogP contribution in [0.1, 0.15) is 11.3 Å². The molecule has 100 valence electrons. The molecule has 0 unspecified atom stereocenters. The van der Waals surface area contributed by atoms with Gasteiger partial charge in [0.25, 0.3) is 0 Å². The first kappa shape index (κ1) is 13.4. The van der Waals surface area contributed by atoms with Gasteiger partial charge < -0.3 is 10.5 Å². The third-order valence-corrected chi connectivity index (χ3v) is 2.96. The molecular weight excluding hydrogens is 238 g/mol. The Morgan fingerprint density at radius 2 is 1.89 bits per heavy atom. The summed E-state index contributed by atoms with van der Waals surface area (Å²) in [5.74, 6) is 0.875. The maximum Gasteiger partial charge on any atom is 0.118 e. The molecule has 2 aromatic rings. The summed E-state index contributed by atoms with van der Waals surface area (Å²) in [4.78, 5) is 6.48. The molecule has 0 spiro atoms. The van der Waals surface area contributed by atoms with Crippen molar-refractivity contribution >= 4 is 5.69 Å². The second-order valence-corrected chi connectivity index (χ2v) is 4.56. The fourth-order valence-corrected chi connectivity index (χ4v) is 1.94. The Labute approximate surface area is 113 Å². The summed E-state index contributed by atoms with van der Waals surface area (Å²) in [6, 6.07) is 11.8. The van der Waals surface area contributed by atoms with Crippen molar-refractivity contribution < 1.29 is 4.74 Å². The smallest absolute Gasteiger partial charge is 0.118 e. The van der Waals surface area contributed by atoms with Crippen molar-refractivity contribution in [2.75, 3.05) is 19.9 Å². The van der Waals surface area contributed by atoms with E-state index >= 15 is 0 Å². The predicted molar refractivity (Wildman–Crippen MR) is 76.8 cm³/mol. The normalized spacial score (nSPS) is 10.7. The number of nitrogens with zero attached hydrogens (tertiary/aromatic N) is 2. The number of ether oxygens (including phenoxy) is 1. The molecule has 0 aliphatic carbocycles. The lowest BCUT2D eigenvalue weighted by Crippen LogP contribution is -2.18. The zero-order chi connectivity index (χ0) is 13.7. The fourth-order valence-electron chi connectivity index (χ4n) is 1.94. The largest absolute Gasteiger partial charge is 0.497 e. The standard InChI is InChI=1S/C15H19N3O/c1-18(11-15-14(16)4-3-9-17-15)10-12-5-7-13(19-2)8-6-12/h3-9H,10-11,16H2,1-2H3. The number of methoxy groups -OCH3 is 1. The molecule has 1 aromatic heterocycles. The minimum absolute atomic E-state index is 0.735. The molecule has 4 heteroatoms. The van der Waals surface area contributed by atoms with Gasteiger partial charge in [-0.15, -0.1) is 0 Å². The highest BCUT2D eigenvalue weighted by molar-refractivity contribution is 5.41. The van der Waals surface area contributed by atoms with Crippen LogP contribution in [0.2, 0.25) is 0 Å². The topological polar surface area (TPSA) is 51.4 Å². The van der Waals surface area contributed by atoms with Gasteiger partial charge in [-0.3, -0.25) is 9.88 Å². The van der Waals surface area contributed by atoms with Gasteiger partial charge in [-0.2, -0.15) is 0 Å². The van der Waals surface area contributed by atoms with Gasteiger partial charge in [0.15, 0.2) is 0 Å². The van der Waals surface area contributed by atoms with E-state index in [-0.39, 0.29) is 0 Å². The third kappa shape index (κ3) is 3.69. The molecule has 0 bridgehead atoms. The second-order valence-electron chi connectivity index (χ2n) is 4.56. The molecule has 0 amide bonds. The predicted octanol–water partition coefficient (Wildman–Crippen LogP) is 2.30. The summed E-state index contributed by atoms with van der Waals surface area (Å²) in [5.41, 5.74) is 8.78. The maximum absolute atomic E-state index is 5.89. The van der Waals surface area contributed by atoms with Crippen molar-refractivity contribution in [3.63, 3.8) is 0 Å². The summed E-state index contributed by atoms with van der Waals surface area (Å²) in [5, 5.41) is 0. The lowest BCUT2D eigenvalue weighted by Gasteiger charge is -2.17. The third-order valence-electron chi connectivity index (χ3n) is 2.96.